The van der Waals surface area contributed by atoms with Gasteiger partial charge in [0.2, 0.25) is 10.0 Å². The highest BCUT2D eigenvalue weighted by Gasteiger charge is 2.33. The number of benzene rings is 1. The number of sulfonamides is 1. The highest BCUT2D eigenvalue weighted by molar-refractivity contribution is 7.89. The van der Waals surface area contributed by atoms with Crippen LogP contribution in [-0.2, 0) is 27.7 Å². The van der Waals surface area contributed by atoms with Gasteiger partial charge in [-0.2, -0.15) is 4.31 Å². The van der Waals surface area contributed by atoms with Crippen molar-refractivity contribution in [1.82, 2.24) is 9.21 Å². The molecule has 8 nitrogen and oxygen atoms in total. The molecule has 1 amide bonds. The lowest BCUT2D eigenvalue weighted by Gasteiger charge is -2.34. The second kappa shape index (κ2) is 10.8. The van der Waals surface area contributed by atoms with Crippen LogP contribution < -0.4 is 5.32 Å². The Kier molecular flexibility index (Phi) is 7.95. The lowest BCUT2D eigenvalue weighted by Crippen LogP contribution is -2.43. The van der Waals surface area contributed by atoms with Crippen LogP contribution in [0.1, 0.15) is 70.7 Å². The Morgan fingerprint density at radius 3 is 2.54 bits per heavy atom. The third kappa shape index (κ3) is 5.16. The molecule has 0 saturated carbocycles. The molecule has 0 spiro atoms. The summed E-state index contributed by atoms with van der Waals surface area (Å²) in [5.74, 6) is -0.856. The first-order valence-corrected chi connectivity index (χ1v) is 14.4. The van der Waals surface area contributed by atoms with Gasteiger partial charge < -0.3 is 10.1 Å². The van der Waals surface area contributed by atoms with Crippen molar-refractivity contribution in [3.05, 3.63) is 45.8 Å². The van der Waals surface area contributed by atoms with Crippen LogP contribution in [0, 0.1) is 0 Å². The summed E-state index contributed by atoms with van der Waals surface area (Å²) in [5, 5.41) is 3.34. The minimum Gasteiger partial charge on any atom is -0.465 e. The van der Waals surface area contributed by atoms with E-state index in [1.54, 1.807) is 4.31 Å². The third-order valence-corrected chi connectivity index (χ3v) is 10.1. The smallest absolute Gasteiger partial charge is 0.341 e. The van der Waals surface area contributed by atoms with Crippen LogP contribution in [0.15, 0.2) is 29.2 Å². The zero-order chi connectivity index (χ0) is 25.2. The number of hydrogen-bond donors (Lipinski definition) is 1. The average molecular weight is 520 g/mol. The average Bonchev–Trinajstić information content (AvgIpc) is 3.24. The first-order valence-electron chi connectivity index (χ1n) is 12.2. The summed E-state index contributed by atoms with van der Waals surface area (Å²) in [4.78, 5) is 29.1. The fraction of sp³-hybridized carbons (Fsp3) is 0.520. The van der Waals surface area contributed by atoms with Crippen molar-refractivity contribution in [2.24, 2.45) is 0 Å². The molecule has 0 aliphatic carbocycles. The van der Waals surface area contributed by atoms with E-state index in [4.69, 9.17) is 4.74 Å². The number of rotatable bonds is 7. The molecular weight excluding hydrogens is 486 g/mol. The number of nitrogens with one attached hydrogen (secondary N) is 1. The van der Waals surface area contributed by atoms with Crippen LogP contribution in [0.2, 0.25) is 0 Å². The second-order valence-corrected chi connectivity index (χ2v) is 12.0. The number of methoxy groups -OCH3 is 1. The van der Waals surface area contributed by atoms with Crippen molar-refractivity contribution in [3.63, 3.8) is 0 Å². The second-order valence-electron chi connectivity index (χ2n) is 8.97. The molecule has 2 aliphatic heterocycles. The Morgan fingerprint density at radius 1 is 1.14 bits per heavy atom. The summed E-state index contributed by atoms with van der Waals surface area (Å²) >= 11 is 1.40. The molecular formula is C25H33N3O5S2. The molecule has 10 heteroatoms. The van der Waals surface area contributed by atoms with Crippen molar-refractivity contribution in [2.45, 2.75) is 63.4 Å². The Balaban J connectivity index is 1.55. The first kappa shape index (κ1) is 25.8. The molecule has 1 atom stereocenters. The van der Waals surface area contributed by atoms with Crippen LogP contribution >= 0.6 is 11.3 Å². The Bertz CT molecular complexity index is 1190. The quantitative estimate of drug-likeness (QED) is 0.553. The zero-order valence-corrected chi connectivity index (χ0v) is 22.1. The van der Waals surface area contributed by atoms with Gasteiger partial charge in [0.25, 0.3) is 5.91 Å². The van der Waals surface area contributed by atoms with E-state index in [1.807, 2.05) is 6.92 Å². The number of carbonyl (C=O) groups is 2. The summed E-state index contributed by atoms with van der Waals surface area (Å²) in [5.41, 5.74) is 1.69. The molecule has 1 N–H and O–H groups in total. The number of nitrogens with zero attached hydrogens (tertiary/aromatic N) is 2. The number of thiophene rings is 1. The van der Waals surface area contributed by atoms with Gasteiger partial charge in [-0.05, 0) is 62.1 Å². The maximum absolute atomic E-state index is 13.2. The van der Waals surface area contributed by atoms with Gasteiger partial charge in [0.15, 0.2) is 0 Å². The highest BCUT2D eigenvalue weighted by Crippen LogP contribution is 2.38. The number of likely N-dealkylation sites (N-methyl/N-ethyl adjacent to an activating group) is 1. The van der Waals surface area contributed by atoms with E-state index in [0.717, 1.165) is 62.2 Å². The number of amides is 1. The van der Waals surface area contributed by atoms with Crippen LogP contribution in [0.5, 0.6) is 0 Å². The van der Waals surface area contributed by atoms with E-state index < -0.39 is 21.9 Å². The summed E-state index contributed by atoms with van der Waals surface area (Å²) in [6.07, 6.45) is 4.28. The predicted molar refractivity (Wildman–Crippen MR) is 137 cm³/mol. The largest absolute Gasteiger partial charge is 0.465 e. The maximum atomic E-state index is 13.2. The van der Waals surface area contributed by atoms with Gasteiger partial charge in [-0.3, -0.25) is 9.69 Å². The standard InChI is InChI=1S/C25H33N3O5S2/c1-4-18-8-6-7-14-28(18)35(31,32)19-11-9-17(10-12-19)23(29)26-24-22(25(30)33-3)20-13-15-27(5-2)16-21(20)34-24/h9-12,18H,4-8,13-16H2,1-3H3,(H,26,29). The summed E-state index contributed by atoms with van der Waals surface area (Å²) in [6.45, 7) is 7.13. The van der Waals surface area contributed by atoms with Gasteiger partial charge in [-0.25, -0.2) is 13.2 Å². The van der Waals surface area contributed by atoms with Crippen LogP contribution in [0.4, 0.5) is 5.00 Å². The zero-order valence-electron chi connectivity index (χ0n) is 20.5. The molecule has 190 valence electrons. The van der Waals surface area contributed by atoms with E-state index in [9.17, 15) is 18.0 Å². The SMILES string of the molecule is CCC1CCCCN1S(=O)(=O)c1ccc(C(=O)Nc2sc3c(c2C(=O)OC)CCN(CC)C3)cc1. The maximum Gasteiger partial charge on any atom is 0.341 e. The number of hydrogen-bond acceptors (Lipinski definition) is 7. The number of ether oxygens (including phenoxy) is 1. The van der Waals surface area contributed by atoms with Gasteiger partial charge >= 0.3 is 5.97 Å². The Hall–Kier alpha value is -2.27. The molecule has 1 aromatic carbocycles. The van der Waals surface area contributed by atoms with Crippen LogP contribution in [-0.4, -0.2) is 62.3 Å². The fourth-order valence-corrected chi connectivity index (χ4v) is 7.96. The van der Waals surface area contributed by atoms with E-state index in [1.165, 1.54) is 42.7 Å². The Morgan fingerprint density at radius 2 is 1.89 bits per heavy atom. The van der Waals surface area contributed by atoms with Gasteiger partial charge in [0, 0.05) is 36.1 Å². The van der Waals surface area contributed by atoms with Gasteiger partial charge in [0.05, 0.1) is 17.6 Å². The molecule has 35 heavy (non-hydrogen) atoms. The lowest BCUT2D eigenvalue weighted by atomic mass is 10.0. The molecule has 1 fully saturated rings. The van der Waals surface area contributed by atoms with Gasteiger partial charge in [-0.15, -0.1) is 11.3 Å². The number of esters is 1. The molecule has 4 rings (SSSR count). The first-order chi connectivity index (χ1) is 16.8. The van der Waals surface area contributed by atoms with Gasteiger partial charge in [0.1, 0.15) is 5.00 Å². The number of carbonyl (C=O) groups excluding carboxylic acids is 2. The molecule has 3 heterocycles. The van der Waals surface area contributed by atoms with Crippen molar-refractivity contribution < 1.29 is 22.7 Å². The minimum absolute atomic E-state index is 0.0157. The van der Waals surface area contributed by atoms with E-state index >= 15 is 0 Å². The van der Waals surface area contributed by atoms with Crippen molar-refractivity contribution >= 4 is 38.2 Å². The highest BCUT2D eigenvalue weighted by atomic mass is 32.2. The summed E-state index contributed by atoms with van der Waals surface area (Å²) < 4.78 is 33.0. The van der Waals surface area contributed by atoms with Crippen LogP contribution in [0.3, 0.4) is 0 Å². The van der Waals surface area contributed by atoms with E-state index in [0.29, 0.717) is 22.7 Å². The van der Waals surface area contributed by atoms with Crippen molar-refractivity contribution in [3.8, 4) is 0 Å². The predicted octanol–water partition coefficient (Wildman–Crippen LogP) is 4.12. The molecule has 2 aliphatic rings. The minimum atomic E-state index is -3.62. The monoisotopic (exact) mass is 519 g/mol. The Labute approximate surface area is 211 Å². The van der Waals surface area contributed by atoms with E-state index in [2.05, 4.69) is 17.1 Å². The molecule has 0 radical (unpaired) electrons. The van der Waals surface area contributed by atoms with Gasteiger partial charge in [-0.1, -0.05) is 20.3 Å². The van der Waals surface area contributed by atoms with Crippen LogP contribution in [0.25, 0.3) is 0 Å². The molecule has 0 bridgehead atoms. The van der Waals surface area contributed by atoms with Crippen molar-refractivity contribution in [1.29, 1.82) is 0 Å². The fourth-order valence-electron chi connectivity index (χ4n) is 4.92. The number of piperidine rings is 1. The number of fused-ring (bicyclic) bond motifs is 1. The summed E-state index contributed by atoms with van der Waals surface area (Å²) in [7, 11) is -2.28. The molecule has 1 saturated heterocycles. The summed E-state index contributed by atoms with van der Waals surface area (Å²) in [6, 6.07) is 6.05. The third-order valence-electron chi connectivity index (χ3n) is 6.97. The molecule has 1 unspecified atom stereocenters. The normalized spacial score (nSPS) is 19.2. The molecule has 1 aromatic heterocycles. The van der Waals surface area contributed by atoms with E-state index in [-0.39, 0.29) is 10.9 Å². The molecule has 2 aromatic rings. The van der Waals surface area contributed by atoms with Crippen molar-refractivity contribution in [2.75, 3.05) is 32.1 Å². The number of anilines is 1. The topological polar surface area (TPSA) is 96.0 Å². The lowest BCUT2D eigenvalue weighted by molar-refractivity contribution is 0.0600.